The second kappa shape index (κ2) is 8.08. The van der Waals surface area contributed by atoms with Crippen LogP contribution in [0.5, 0.6) is 0 Å². The van der Waals surface area contributed by atoms with E-state index in [2.05, 4.69) is 10.0 Å². The van der Waals surface area contributed by atoms with E-state index in [4.69, 9.17) is 4.74 Å². The van der Waals surface area contributed by atoms with Gasteiger partial charge in [-0.2, -0.15) is 0 Å². The number of thiophene rings is 1. The van der Waals surface area contributed by atoms with Crippen LogP contribution in [0.1, 0.15) is 17.3 Å². The Morgan fingerprint density at radius 3 is 2.48 bits per heavy atom. The monoisotopic (exact) mass is 404 g/mol. The summed E-state index contributed by atoms with van der Waals surface area (Å²) >= 11 is 1.12. The van der Waals surface area contributed by atoms with Gasteiger partial charge < -0.3 is 10.1 Å². The molecule has 0 aliphatic carbocycles. The van der Waals surface area contributed by atoms with E-state index in [1.807, 2.05) is 31.2 Å². The third kappa shape index (κ3) is 4.47. The fraction of sp³-hybridized carbons (Fsp3) is 0.211. The van der Waals surface area contributed by atoms with Gasteiger partial charge in [0.15, 0.2) is 0 Å². The molecule has 0 saturated carbocycles. The van der Waals surface area contributed by atoms with E-state index >= 15 is 0 Å². The van der Waals surface area contributed by atoms with Gasteiger partial charge in [0, 0.05) is 13.2 Å². The van der Waals surface area contributed by atoms with Gasteiger partial charge in [0.2, 0.25) is 0 Å². The lowest BCUT2D eigenvalue weighted by atomic mass is 10.0. The van der Waals surface area contributed by atoms with Crippen LogP contribution in [0.4, 0.5) is 5.69 Å². The normalized spacial score (nSPS) is 12.7. The summed E-state index contributed by atoms with van der Waals surface area (Å²) in [5, 5.41) is 6.20. The zero-order valence-corrected chi connectivity index (χ0v) is 16.6. The van der Waals surface area contributed by atoms with Crippen molar-refractivity contribution in [1.29, 1.82) is 0 Å². The van der Waals surface area contributed by atoms with Gasteiger partial charge in [-0.3, -0.25) is 9.52 Å². The molecule has 142 valence electrons. The molecule has 1 heterocycles. The van der Waals surface area contributed by atoms with Crippen LogP contribution >= 0.6 is 11.3 Å². The van der Waals surface area contributed by atoms with Crippen molar-refractivity contribution in [2.75, 3.05) is 18.4 Å². The van der Waals surface area contributed by atoms with Crippen molar-refractivity contribution < 1.29 is 17.9 Å². The molecule has 0 bridgehead atoms. The summed E-state index contributed by atoms with van der Waals surface area (Å²) in [6.07, 6.45) is 0. The highest BCUT2D eigenvalue weighted by molar-refractivity contribution is 7.94. The molecule has 2 aromatic carbocycles. The number of methoxy groups -OCH3 is 1. The van der Waals surface area contributed by atoms with Crippen molar-refractivity contribution in [1.82, 2.24) is 5.32 Å². The summed E-state index contributed by atoms with van der Waals surface area (Å²) in [5.41, 5.74) is 0.501. The van der Waals surface area contributed by atoms with E-state index in [1.165, 1.54) is 6.07 Å². The minimum absolute atomic E-state index is 0.190. The second-order valence-corrected chi connectivity index (χ2v) is 8.97. The zero-order valence-electron chi connectivity index (χ0n) is 14.9. The Balaban J connectivity index is 2.02. The van der Waals surface area contributed by atoms with Gasteiger partial charge >= 0.3 is 0 Å². The average molecular weight is 405 g/mol. The number of carbonyl (C=O) groups excluding carboxylic acids is 1. The third-order valence-corrected chi connectivity index (χ3v) is 6.69. The molecular formula is C19H20N2O4S2. The van der Waals surface area contributed by atoms with Crippen LogP contribution in [-0.4, -0.2) is 34.1 Å². The number of fused-ring (bicyclic) bond motifs is 1. The Morgan fingerprint density at radius 1 is 1.15 bits per heavy atom. The molecule has 3 rings (SSSR count). The summed E-state index contributed by atoms with van der Waals surface area (Å²) in [5.74, 6) is -0.366. The lowest BCUT2D eigenvalue weighted by Crippen LogP contribution is -2.36. The smallest absolute Gasteiger partial charge is 0.271 e. The van der Waals surface area contributed by atoms with Crippen molar-refractivity contribution in [3.05, 3.63) is 59.5 Å². The highest BCUT2D eigenvalue weighted by Crippen LogP contribution is 2.27. The molecule has 6 nitrogen and oxygen atoms in total. The van der Waals surface area contributed by atoms with Gasteiger partial charge in [0.1, 0.15) is 4.21 Å². The first-order valence-electron chi connectivity index (χ1n) is 8.29. The van der Waals surface area contributed by atoms with Crippen LogP contribution in [0, 0.1) is 0 Å². The minimum atomic E-state index is -3.77. The zero-order chi connectivity index (χ0) is 19.4. The lowest BCUT2D eigenvalue weighted by molar-refractivity contribution is 0.0906. The highest BCUT2D eigenvalue weighted by Gasteiger charge is 2.21. The number of carbonyl (C=O) groups is 1. The molecule has 0 fully saturated rings. The van der Waals surface area contributed by atoms with Gasteiger partial charge in [-0.25, -0.2) is 8.42 Å². The van der Waals surface area contributed by atoms with Crippen LogP contribution in [-0.2, 0) is 14.8 Å². The minimum Gasteiger partial charge on any atom is -0.383 e. The molecule has 0 aliphatic rings. The maximum absolute atomic E-state index is 12.8. The molecule has 2 N–H and O–H groups in total. The van der Waals surface area contributed by atoms with Crippen LogP contribution in [0.15, 0.2) is 58.1 Å². The molecular weight excluding hydrogens is 384 g/mol. The number of benzene rings is 2. The third-order valence-electron chi connectivity index (χ3n) is 3.93. The molecule has 8 heteroatoms. The quantitative estimate of drug-likeness (QED) is 0.632. The Kier molecular flexibility index (Phi) is 5.79. The maximum atomic E-state index is 12.8. The summed E-state index contributed by atoms with van der Waals surface area (Å²) in [7, 11) is -2.21. The van der Waals surface area contributed by atoms with Crippen molar-refractivity contribution in [2.45, 2.75) is 17.2 Å². The number of anilines is 1. The lowest BCUT2D eigenvalue weighted by Gasteiger charge is -2.16. The van der Waals surface area contributed by atoms with E-state index in [0.717, 1.165) is 22.1 Å². The fourth-order valence-corrected chi connectivity index (χ4v) is 4.78. The molecule has 1 atom stereocenters. The molecule has 1 amide bonds. The number of ether oxygens (including phenoxy) is 1. The van der Waals surface area contributed by atoms with E-state index in [0.29, 0.717) is 6.61 Å². The molecule has 0 aliphatic heterocycles. The van der Waals surface area contributed by atoms with Crippen molar-refractivity contribution in [3.63, 3.8) is 0 Å². The van der Waals surface area contributed by atoms with Gasteiger partial charge in [-0.1, -0.05) is 30.3 Å². The Morgan fingerprint density at radius 2 is 1.85 bits per heavy atom. The molecule has 27 heavy (non-hydrogen) atoms. The molecule has 0 saturated heterocycles. The first kappa shape index (κ1) is 19.3. The first-order chi connectivity index (χ1) is 12.9. The Bertz CT molecular complexity index is 1050. The number of sulfonamides is 1. The van der Waals surface area contributed by atoms with Gasteiger partial charge in [-0.15, -0.1) is 11.3 Å². The SMILES string of the molecule is COCC(C)NC(=O)c1cc2ccccc2cc1NS(=O)(=O)c1cccs1. The van der Waals surface area contributed by atoms with Crippen molar-refractivity contribution in [3.8, 4) is 0 Å². The first-order valence-corrected chi connectivity index (χ1v) is 10.7. The topological polar surface area (TPSA) is 84.5 Å². The number of rotatable bonds is 7. The fourth-order valence-electron chi connectivity index (χ4n) is 2.72. The maximum Gasteiger partial charge on any atom is 0.271 e. The van der Waals surface area contributed by atoms with E-state index in [-0.39, 0.29) is 27.4 Å². The van der Waals surface area contributed by atoms with Crippen LogP contribution in [0.2, 0.25) is 0 Å². The summed E-state index contributed by atoms with van der Waals surface area (Å²) in [6.45, 7) is 2.17. The van der Waals surface area contributed by atoms with E-state index in [9.17, 15) is 13.2 Å². The van der Waals surface area contributed by atoms with Crippen LogP contribution in [0.3, 0.4) is 0 Å². The second-order valence-electron chi connectivity index (χ2n) is 6.11. The van der Waals surface area contributed by atoms with Gasteiger partial charge in [0.25, 0.3) is 15.9 Å². The summed E-state index contributed by atoms with van der Waals surface area (Å²) in [6, 6.07) is 13.8. The van der Waals surface area contributed by atoms with Crippen LogP contribution < -0.4 is 10.0 Å². The average Bonchev–Trinajstić information content (AvgIpc) is 3.16. The molecule has 3 aromatic rings. The summed E-state index contributed by atoms with van der Waals surface area (Å²) < 4.78 is 33.1. The van der Waals surface area contributed by atoms with Gasteiger partial charge in [-0.05, 0) is 41.3 Å². The Labute approximate surface area is 162 Å². The molecule has 1 aromatic heterocycles. The van der Waals surface area contributed by atoms with Crippen molar-refractivity contribution >= 4 is 43.7 Å². The standard InChI is InChI=1S/C19H20N2O4S2/c1-13(12-25-2)20-19(22)16-10-14-6-3-4-7-15(14)11-17(16)21-27(23,24)18-8-5-9-26-18/h3-11,13,21H,12H2,1-2H3,(H,20,22). The van der Waals surface area contributed by atoms with E-state index in [1.54, 1.807) is 30.7 Å². The van der Waals surface area contributed by atoms with E-state index < -0.39 is 10.0 Å². The number of nitrogens with one attached hydrogen (secondary N) is 2. The largest absolute Gasteiger partial charge is 0.383 e. The Hall–Kier alpha value is -2.42. The van der Waals surface area contributed by atoms with Gasteiger partial charge in [0.05, 0.1) is 17.9 Å². The number of hydrogen-bond acceptors (Lipinski definition) is 5. The predicted molar refractivity (Wildman–Crippen MR) is 108 cm³/mol. The van der Waals surface area contributed by atoms with Crippen molar-refractivity contribution in [2.24, 2.45) is 0 Å². The predicted octanol–water partition coefficient (Wildman–Crippen LogP) is 3.47. The molecule has 1 unspecified atom stereocenters. The number of hydrogen-bond donors (Lipinski definition) is 2. The van der Waals surface area contributed by atoms with Crippen LogP contribution in [0.25, 0.3) is 10.8 Å². The molecule has 0 spiro atoms. The summed E-state index contributed by atoms with van der Waals surface area (Å²) in [4.78, 5) is 12.8. The molecule has 0 radical (unpaired) electrons. The highest BCUT2D eigenvalue weighted by atomic mass is 32.2. The number of amides is 1.